The second-order valence-electron chi connectivity index (χ2n) is 6.76. The van der Waals surface area contributed by atoms with Gasteiger partial charge in [0.25, 0.3) is 0 Å². The van der Waals surface area contributed by atoms with Crippen molar-refractivity contribution < 1.29 is 13.9 Å². The number of carbonyl (C=O) groups is 1. The minimum absolute atomic E-state index is 0. The molecule has 1 aliphatic heterocycles. The number of hydrogen-bond donors (Lipinski definition) is 2. The first-order chi connectivity index (χ1) is 12.6. The Morgan fingerprint density at radius 3 is 2.56 bits per heavy atom. The van der Waals surface area contributed by atoms with Crippen LogP contribution < -0.4 is 15.4 Å². The molecule has 1 fully saturated rings. The topological polar surface area (TPSA) is 50.4 Å². The quantitative estimate of drug-likeness (QED) is 0.781. The number of carbonyl (C=O) groups excluding carboxylic acids is 1. The summed E-state index contributed by atoms with van der Waals surface area (Å²) in [5.41, 5.74) is 1.95. The number of nitrogens with one attached hydrogen (secondary N) is 2. The highest BCUT2D eigenvalue weighted by molar-refractivity contribution is 5.85. The monoisotopic (exact) mass is 392 g/mol. The van der Waals surface area contributed by atoms with Gasteiger partial charge in [-0.25, -0.2) is 4.39 Å². The minimum atomic E-state index is -0.252. The summed E-state index contributed by atoms with van der Waals surface area (Å²) in [7, 11) is 0. The van der Waals surface area contributed by atoms with Crippen molar-refractivity contribution in [2.24, 2.45) is 5.92 Å². The fourth-order valence-electron chi connectivity index (χ4n) is 3.09. The van der Waals surface area contributed by atoms with Gasteiger partial charge in [-0.05, 0) is 61.7 Å². The molecular formula is C21H26ClFN2O2. The van der Waals surface area contributed by atoms with E-state index in [1.807, 2.05) is 31.2 Å². The lowest BCUT2D eigenvalue weighted by Crippen LogP contribution is -2.41. The number of piperidine rings is 1. The van der Waals surface area contributed by atoms with E-state index in [2.05, 4.69) is 10.6 Å². The molecule has 6 heteroatoms. The summed E-state index contributed by atoms with van der Waals surface area (Å²) in [5, 5.41) is 6.36. The third kappa shape index (κ3) is 6.22. The van der Waals surface area contributed by atoms with Crippen molar-refractivity contribution in [2.75, 3.05) is 13.1 Å². The molecule has 0 saturated carbocycles. The number of hydrogen-bond acceptors (Lipinski definition) is 3. The van der Waals surface area contributed by atoms with E-state index in [1.165, 1.54) is 12.1 Å². The Bertz CT molecular complexity index is 716. The minimum Gasteiger partial charge on any atom is -0.489 e. The molecule has 0 aromatic heterocycles. The van der Waals surface area contributed by atoms with Crippen LogP contribution in [0.1, 0.15) is 36.9 Å². The predicted molar refractivity (Wildman–Crippen MR) is 107 cm³/mol. The largest absolute Gasteiger partial charge is 0.489 e. The molecule has 1 saturated heterocycles. The zero-order valence-corrected chi connectivity index (χ0v) is 16.2. The molecule has 4 nitrogen and oxygen atoms in total. The second kappa shape index (κ2) is 10.3. The summed E-state index contributed by atoms with van der Waals surface area (Å²) in [6, 6.07) is 13.9. The van der Waals surface area contributed by atoms with Crippen molar-refractivity contribution >= 4 is 18.3 Å². The van der Waals surface area contributed by atoms with Crippen molar-refractivity contribution in [1.82, 2.24) is 10.6 Å². The van der Waals surface area contributed by atoms with Crippen molar-refractivity contribution in [3.8, 4) is 5.75 Å². The molecule has 2 atom stereocenters. The standard InChI is InChI=1S/C21H25FN2O2.ClH/c1-15(24-21(25)18-3-2-12-23-13-18)17-6-10-20(11-7-17)26-14-16-4-8-19(22)9-5-16;/h4-11,15,18,23H,2-3,12-14H2,1H3,(H,24,25);1H. The van der Waals surface area contributed by atoms with Gasteiger partial charge in [-0.2, -0.15) is 0 Å². The van der Waals surface area contributed by atoms with Gasteiger partial charge < -0.3 is 15.4 Å². The third-order valence-electron chi connectivity index (χ3n) is 4.73. The van der Waals surface area contributed by atoms with E-state index in [4.69, 9.17) is 4.74 Å². The highest BCUT2D eigenvalue weighted by Crippen LogP contribution is 2.20. The molecule has 3 rings (SSSR count). The summed E-state index contributed by atoms with van der Waals surface area (Å²) in [6.07, 6.45) is 1.99. The van der Waals surface area contributed by atoms with Crippen LogP contribution in [0.15, 0.2) is 48.5 Å². The summed E-state index contributed by atoms with van der Waals surface area (Å²) >= 11 is 0. The van der Waals surface area contributed by atoms with Crippen LogP contribution in [0, 0.1) is 11.7 Å². The van der Waals surface area contributed by atoms with Crippen molar-refractivity contribution in [3.63, 3.8) is 0 Å². The lowest BCUT2D eigenvalue weighted by Gasteiger charge is -2.24. The molecule has 0 radical (unpaired) electrons. The van der Waals surface area contributed by atoms with Gasteiger partial charge in [-0.3, -0.25) is 4.79 Å². The number of benzene rings is 2. The molecule has 2 aromatic rings. The lowest BCUT2D eigenvalue weighted by molar-refractivity contribution is -0.126. The SMILES string of the molecule is CC(NC(=O)C1CCCNC1)c1ccc(OCc2ccc(F)cc2)cc1.Cl. The zero-order valence-electron chi connectivity index (χ0n) is 15.4. The Hall–Kier alpha value is -2.11. The van der Waals surface area contributed by atoms with E-state index >= 15 is 0 Å². The first-order valence-corrected chi connectivity index (χ1v) is 9.10. The fourth-order valence-corrected chi connectivity index (χ4v) is 3.09. The van der Waals surface area contributed by atoms with Gasteiger partial charge >= 0.3 is 0 Å². The Kier molecular flexibility index (Phi) is 8.07. The highest BCUT2D eigenvalue weighted by Gasteiger charge is 2.22. The summed E-state index contributed by atoms with van der Waals surface area (Å²) in [4.78, 5) is 12.3. The molecule has 2 aromatic carbocycles. The summed E-state index contributed by atoms with van der Waals surface area (Å²) in [5.74, 6) is 0.664. The van der Waals surface area contributed by atoms with Gasteiger partial charge in [0.2, 0.25) is 5.91 Å². The van der Waals surface area contributed by atoms with E-state index in [9.17, 15) is 9.18 Å². The van der Waals surface area contributed by atoms with Crippen molar-refractivity contribution in [3.05, 3.63) is 65.5 Å². The van der Waals surface area contributed by atoms with E-state index in [-0.39, 0.29) is 36.1 Å². The molecule has 2 N–H and O–H groups in total. The Balaban J connectivity index is 0.00000261. The summed E-state index contributed by atoms with van der Waals surface area (Å²) < 4.78 is 18.6. The zero-order chi connectivity index (χ0) is 18.4. The highest BCUT2D eigenvalue weighted by atomic mass is 35.5. The van der Waals surface area contributed by atoms with Crippen molar-refractivity contribution in [2.45, 2.75) is 32.4 Å². The third-order valence-corrected chi connectivity index (χ3v) is 4.73. The van der Waals surface area contributed by atoms with Gasteiger partial charge in [-0.1, -0.05) is 24.3 Å². The van der Waals surface area contributed by atoms with E-state index < -0.39 is 0 Å². The number of rotatable bonds is 6. The Morgan fingerprint density at radius 2 is 1.93 bits per heavy atom. The van der Waals surface area contributed by atoms with Gasteiger partial charge in [0.1, 0.15) is 18.2 Å². The average molecular weight is 393 g/mol. The van der Waals surface area contributed by atoms with Gasteiger partial charge in [0.15, 0.2) is 0 Å². The maximum Gasteiger partial charge on any atom is 0.224 e. The van der Waals surface area contributed by atoms with Crippen LogP contribution in [0.2, 0.25) is 0 Å². The molecule has 27 heavy (non-hydrogen) atoms. The van der Waals surface area contributed by atoms with Crippen LogP contribution in [0.5, 0.6) is 5.75 Å². The number of amides is 1. The molecule has 0 spiro atoms. The molecule has 0 aliphatic carbocycles. The van der Waals surface area contributed by atoms with Crippen LogP contribution >= 0.6 is 12.4 Å². The number of ether oxygens (including phenoxy) is 1. The first-order valence-electron chi connectivity index (χ1n) is 9.10. The lowest BCUT2D eigenvalue weighted by atomic mass is 9.98. The van der Waals surface area contributed by atoms with Crippen LogP contribution in [-0.2, 0) is 11.4 Å². The molecule has 146 valence electrons. The number of halogens is 2. The van der Waals surface area contributed by atoms with Crippen molar-refractivity contribution in [1.29, 1.82) is 0 Å². The summed E-state index contributed by atoms with van der Waals surface area (Å²) in [6.45, 7) is 4.14. The van der Waals surface area contributed by atoms with E-state index in [0.29, 0.717) is 6.61 Å². The second-order valence-corrected chi connectivity index (χ2v) is 6.76. The van der Waals surface area contributed by atoms with E-state index in [1.54, 1.807) is 12.1 Å². The van der Waals surface area contributed by atoms with Gasteiger partial charge in [0, 0.05) is 6.54 Å². The fraction of sp³-hybridized carbons (Fsp3) is 0.381. The molecular weight excluding hydrogens is 367 g/mol. The smallest absolute Gasteiger partial charge is 0.224 e. The Labute approximate surface area is 165 Å². The molecule has 1 aliphatic rings. The molecule has 1 heterocycles. The molecule has 0 bridgehead atoms. The maximum absolute atomic E-state index is 12.9. The van der Waals surface area contributed by atoms with Crippen LogP contribution in [0.3, 0.4) is 0 Å². The van der Waals surface area contributed by atoms with Crippen LogP contribution in [0.25, 0.3) is 0 Å². The van der Waals surface area contributed by atoms with Gasteiger partial charge in [-0.15, -0.1) is 12.4 Å². The predicted octanol–water partition coefficient (Wildman–Crippen LogP) is 4.00. The average Bonchev–Trinajstić information content (AvgIpc) is 2.68. The molecule has 2 unspecified atom stereocenters. The first kappa shape index (κ1) is 21.2. The van der Waals surface area contributed by atoms with E-state index in [0.717, 1.165) is 42.8 Å². The Morgan fingerprint density at radius 1 is 1.22 bits per heavy atom. The van der Waals surface area contributed by atoms with Gasteiger partial charge in [0.05, 0.1) is 12.0 Å². The molecule has 1 amide bonds. The van der Waals surface area contributed by atoms with Crippen LogP contribution in [0.4, 0.5) is 4.39 Å². The maximum atomic E-state index is 12.9. The normalized spacial score (nSPS) is 17.5. The van der Waals surface area contributed by atoms with Crippen LogP contribution in [-0.4, -0.2) is 19.0 Å².